The second-order valence-corrected chi connectivity index (χ2v) is 11.7. The Morgan fingerprint density at radius 3 is 2.19 bits per heavy atom. The van der Waals surface area contributed by atoms with Crippen molar-refractivity contribution in [2.75, 3.05) is 11.5 Å². The van der Waals surface area contributed by atoms with Gasteiger partial charge < -0.3 is 4.74 Å². The van der Waals surface area contributed by atoms with Gasteiger partial charge in [0.2, 0.25) is 0 Å². The van der Waals surface area contributed by atoms with E-state index < -0.39 is 5.54 Å². The van der Waals surface area contributed by atoms with E-state index in [0.717, 1.165) is 31.5 Å². The van der Waals surface area contributed by atoms with E-state index in [2.05, 4.69) is 0 Å². The lowest BCUT2D eigenvalue weighted by molar-refractivity contribution is -0.137. The van der Waals surface area contributed by atoms with Crippen LogP contribution in [0.25, 0.3) is 10.5 Å². The molecule has 1 amide bonds. The van der Waals surface area contributed by atoms with Crippen molar-refractivity contribution < 1.29 is 14.3 Å². The highest BCUT2D eigenvalue weighted by Crippen LogP contribution is 2.58. The Morgan fingerprint density at radius 2 is 1.51 bits per heavy atom. The van der Waals surface area contributed by atoms with Gasteiger partial charge in [-0.25, -0.2) is 4.79 Å². The molecule has 0 saturated heterocycles. The summed E-state index contributed by atoms with van der Waals surface area (Å²) in [7, 11) is 0. The summed E-state index contributed by atoms with van der Waals surface area (Å²) in [6.07, 6.45) is 0. The van der Waals surface area contributed by atoms with Gasteiger partial charge >= 0.3 is 5.97 Å². The van der Waals surface area contributed by atoms with Crippen LogP contribution in [0.2, 0.25) is 0 Å². The molecule has 3 aromatic carbocycles. The summed E-state index contributed by atoms with van der Waals surface area (Å²) in [5, 5.41) is 0. The van der Waals surface area contributed by atoms with Crippen LogP contribution in [-0.4, -0.2) is 28.9 Å². The second kappa shape index (κ2) is 10.3. The largest absolute Gasteiger partial charge is 0.462 e. The van der Waals surface area contributed by atoms with Gasteiger partial charge in [-0.15, -0.1) is 0 Å². The maximum absolute atomic E-state index is 13.8. The predicted molar refractivity (Wildman–Crippen MR) is 158 cm³/mol. The number of para-hydroxylation sites is 1. The third kappa shape index (κ3) is 4.56. The average molecular weight is 544 g/mol. The van der Waals surface area contributed by atoms with Crippen LogP contribution in [0.3, 0.4) is 0 Å². The summed E-state index contributed by atoms with van der Waals surface area (Å²) < 4.78 is 6.32. The van der Waals surface area contributed by atoms with Crippen molar-refractivity contribution >= 4 is 68.6 Å². The number of fused-ring (bicyclic) bond motifs is 1. The Balaban J connectivity index is 1.66. The standard InChI is InChI=1S/C30H25NO3S3/c1-4-34-28(33)25-24(19-13-7-5-8-14-19)36-29(37-25)23-21-17-11-12-18-22(21)31(30(2,3)26(23)35)27(32)20-15-9-6-10-16-20/h5-18H,4H2,1-3H3. The smallest absolute Gasteiger partial charge is 0.346 e. The number of hydrogen-bond acceptors (Lipinski definition) is 6. The predicted octanol–water partition coefficient (Wildman–Crippen LogP) is 7.58. The van der Waals surface area contributed by atoms with E-state index in [1.807, 2.05) is 98.8 Å². The molecule has 0 radical (unpaired) electrons. The normalized spacial score (nSPS) is 18.6. The molecule has 7 heteroatoms. The number of thioether (sulfide) groups is 2. The minimum Gasteiger partial charge on any atom is -0.462 e. The van der Waals surface area contributed by atoms with E-state index in [0.29, 0.717) is 21.9 Å². The summed E-state index contributed by atoms with van der Waals surface area (Å²) in [6, 6.07) is 27.0. The van der Waals surface area contributed by atoms with Crippen LogP contribution in [-0.2, 0) is 9.53 Å². The van der Waals surface area contributed by atoms with Gasteiger partial charge in [0, 0.05) is 21.6 Å². The van der Waals surface area contributed by atoms with Gasteiger partial charge in [0.1, 0.15) is 4.91 Å². The lowest BCUT2D eigenvalue weighted by atomic mass is 9.83. The number of amides is 1. The molecule has 3 aromatic rings. The molecule has 2 aliphatic heterocycles. The number of carbonyl (C=O) groups excluding carboxylic acids is 2. The minimum atomic E-state index is -0.778. The first-order chi connectivity index (χ1) is 17.8. The highest BCUT2D eigenvalue weighted by molar-refractivity contribution is 8.32. The fourth-order valence-corrected chi connectivity index (χ4v) is 7.63. The van der Waals surface area contributed by atoms with Crippen molar-refractivity contribution in [1.29, 1.82) is 0 Å². The molecule has 186 valence electrons. The SMILES string of the molecule is CCOC(=O)C1=C(c2ccccc2)SC(=C2C(=S)C(C)(C)N(C(=O)c3ccccc3)c3ccccc32)S1. The molecule has 4 nitrogen and oxygen atoms in total. The quantitative estimate of drug-likeness (QED) is 0.192. The summed E-state index contributed by atoms with van der Waals surface area (Å²) >= 11 is 9.06. The van der Waals surface area contributed by atoms with Crippen molar-refractivity contribution in [3.05, 3.63) is 111 Å². The van der Waals surface area contributed by atoms with Crippen LogP contribution in [0.1, 0.15) is 42.3 Å². The zero-order valence-corrected chi connectivity index (χ0v) is 23.1. The van der Waals surface area contributed by atoms with E-state index >= 15 is 0 Å². The average Bonchev–Trinajstić information content (AvgIpc) is 3.35. The maximum Gasteiger partial charge on any atom is 0.346 e. The van der Waals surface area contributed by atoms with E-state index in [4.69, 9.17) is 17.0 Å². The number of rotatable bonds is 4. The number of ether oxygens (including phenoxy) is 1. The molecule has 0 fully saturated rings. The number of nitrogens with zero attached hydrogens (tertiary/aromatic N) is 1. The fourth-order valence-electron chi connectivity index (χ4n) is 4.50. The first-order valence-corrected chi connectivity index (χ1v) is 14.0. The van der Waals surface area contributed by atoms with E-state index in [-0.39, 0.29) is 11.9 Å². The van der Waals surface area contributed by atoms with Crippen LogP contribution in [0.15, 0.2) is 94.1 Å². The molecule has 0 saturated carbocycles. The highest BCUT2D eigenvalue weighted by Gasteiger charge is 2.45. The first kappa shape index (κ1) is 25.5. The van der Waals surface area contributed by atoms with Crippen LogP contribution in [0, 0.1) is 0 Å². The summed E-state index contributed by atoms with van der Waals surface area (Å²) in [5.41, 5.74) is 3.34. The van der Waals surface area contributed by atoms with Crippen LogP contribution in [0.4, 0.5) is 5.69 Å². The molecule has 2 aliphatic rings. The highest BCUT2D eigenvalue weighted by atomic mass is 32.2. The monoisotopic (exact) mass is 543 g/mol. The van der Waals surface area contributed by atoms with E-state index in [1.165, 1.54) is 23.5 Å². The van der Waals surface area contributed by atoms with Crippen molar-refractivity contribution in [3.8, 4) is 0 Å². The molecule has 5 rings (SSSR count). The zero-order chi connectivity index (χ0) is 26.2. The Labute approximate surface area is 230 Å². The van der Waals surface area contributed by atoms with Gasteiger partial charge in [0.05, 0.1) is 26.9 Å². The number of anilines is 1. The van der Waals surface area contributed by atoms with Gasteiger partial charge in [-0.1, -0.05) is 102 Å². The maximum atomic E-state index is 13.8. The van der Waals surface area contributed by atoms with Gasteiger partial charge in [-0.2, -0.15) is 0 Å². The van der Waals surface area contributed by atoms with Gasteiger partial charge in [0.15, 0.2) is 0 Å². The van der Waals surface area contributed by atoms with Crippen molar-refractivity contribution in [3.63, 3.8) is 0 Å². The Bertz CT molecular complexity index is 1460. The molecular weight excluding hydrogens is 519 g/mol. The first-order valence-electron chi connectivity index (χ1n) is 11.9. The molecule has 0 N–H and O–H groups in total. The molecule has 0 spiro atoms. The summed E-state index contributed by atoms with van der Waals surface area (Å²) in [5.74, 6) is -0.448. The zero-order valence-electron chi connectivity index (χ0n) is 20.7. The second-order valence-electron chi connectivity index (χ2n) is 9.02. The van der Waals surface area contributed by atoms with Crippen molar-refractivity contribution in [1.82, 2.24) is 0 Å². The Morgan fingerprint density at radius 1 is 0.892 bits per heavy atom. The molecule has 0 atom stereocenters. The third-order valence-corrected chi connectivity index (χ3v) is 9.61. The molecular formula is C30H25NO3S3. The lowest BCUT2D eigenvalue weighted by Crippen LogP contribution is -2.55. The molecule has 0 aromatic heterocycles. The van der Waals surface area contributed by atoms with Crippen LogP contribution in [0.5, 0.6) is 0 Å². The molecule has 0 aliphatic carbocycles. The summed E-state index contributed by atoms with van der Waals surface area (Å²) in [4.78, 5) is 30.6. The summed E-state index contributed by atoms with van der Waals surface area (Å²) in [6.45, 7) is 6.07. The number of thiocarbonyl (C=S) groups is 1. The molecule has 2 heterocycles. The minimum absolute atomic E-state index is 0.105. The fraction of sp³-hybridized carbons (Fsp3) is 0.167. The van der Waals surface area contributed by atoms with Crippen molar-refractivity contribution in [2.45, 2.75) is 26.3 Å². The van der Waals surface area contributed by atoms with Crippen LogP contribution < -0.4 is 4.90 Å². The topological polar surface area (TPSA) is 46.6 Å². The van der Waals surface area contributed by atoms with Crippen LogP contribution >= 0.6 is 35.7 Å². The Kier molecular flexibility index (Phi) is 7.12. The van der Waals surface area contributed by atoms with Gasteiger partial charge in [-0.05, 0) is 44.5 Å². The lowest BCUT2D eigenvalue weighted by Gasteiger charge is -2.45. The number of hydrogen-bond donors (Lipinski definition) is 0. The molecule has 0 unspecified atom stereocenters. The Hall–Kier alpha value is -3.13. The number of esters is 1. The van der Waals surface area contributed by atoms with E-state index in [1.54, 1.807) is 11.8 Å². The number of benzene rings is 3. The number of carbonyl (C=O) groups is 2. The van der Waals surface area contributed by atoms with E-state index in [9.17, 15) is 9.59 Å². The van der Waals surface area contributed by atoms with Crippen molar-refractivity contribution in [2.24, 2.45) is 0 Å². The third-order valence-electron chi connectivity index (χ3n) is 6.28. The van der Waals surface area contributed by atoms with Gasteiger partial charge in [-0.3, -0.25) is 9.69 Å². The molecule has 0 bridgehead atoms. The molecule has 37 heavy (non-hydrogen) atoms. The van der Waals surface area contributed by atoms with Gasteiger partial charge in [0.25, 0.3) is 5.91 Å².